The van der Waals surface area contributed by atoms with Crippen LogP contribution in [0.4, 0.5) is 5.69 Å². The number of nitrogens with zero attached hydrogens (tertiary/aromatic N) is 1. The van der Waals surface area contributed by atoms with E-state index in [1.165, 1.54) is 24.3 Å². The molecule has 0 aliphatic rings. The van der Waals surface area contributed by atoms with Crippen molar-refractivity contribution in [3.8, 4) is 0 Å². The molecule has 1 aromatic heterocycles. The van der Waals surface area contributed by atoms with Crippen LogP contribution < -0.4 is 16.0 Å². The lowest BCUT2D eigenvalue weighted by atomic mass is 10.1. The highest BCUT2D eigenvalue weighted by atomic mass is 16.3. The van der Waals surface area contributed by atoms with E-state index in [2.05, 4.69) is 16.0 Å². The minimum absolute atomic E-state index is 0.0873. The van der Waals surface area contributed by atoms with Gasteiger partial charge in [0.1, 0.15) is 0 Å². The van der Waals surface area contributed by atoms with E-state index < -0.39 is 17.7 Å². The molecular formula is C20H24N4O5. The first-order chi connectivity index (χ1) is 13.9. The fraction of sp³-hybridized carbons (Fsp3) is 0.300. The number of hydrogen-bond acceptors (Lipinski definition) is 5. The molecule has 2 aromatic rings. The van der Waals surface area contributed by atoms with Crippen LogP contribution in [0.5, 0.6) is 0 Å². The highest BCUT2D eigenvalue weighted by Gasteiger charge is 2.15. The average Bonchev–Trinajstić information content (AvgIpc) is 3.25. The van der Waals surface area contributed by atoms with E-state index in [1.54, 1.807) is 12.1 Å². The maximum atomic E-state index is 12.2. The first-order valence-corrected chi connectivity index (χ1v) is 9.10. The molecule has 1 heterocycles. The summed E-state index contributed by atoms with van der Waals surface area (Å²) in [7, 11) is 1.47. The van der Waals surface area contributed by atoms with Crippen molar-refractivity contribution in [3.63, 3.8) is 0 Å². The van der Waals surface area contributed by atoms with Crippen molar-refractivity contribution >= 4 is 29.3 Å². The molecule has 0 spiro atoms. The van der Waals surface area contributed by atoms with Gasteiger partial charge in [-0.3, -0.25) is 19.2 Å². The van der Waals surface area contributed by atoms with E-state index >= 15 is 0 Å². The Hall–Kier alpha value is -3.62. The maximum absolute atomic E-state index is 12.2. The van der Waals surface area contributed by atoms with E-state index in [1.807, 2.05) is 25.1 Å². The minimum Gasteiger partial charge on any atom is -0.459 e. The largest absolute Gasteiger partial charge is 0.459 e. The zero-order chi connectivity index (χ0) is 21.2. The van der Waals surface area contributed by atoms with Crippen molar-refractivity contribution in [2.75, 3.05) is 32.0 Å². The molecule has 0 saturated heterocycles. The van der Waals surface area contributed by atoms with Crippen LogP contribution in [0, 0.1) is 0 Å². The summed E-state index contributed by atoms with van der Waals surface area (Å²) in [5.41, 5.74) is 1.71. The molecule has 4 amide bonds. The summed E-state index contributed by atoms with van der Waals surface area (Å²) in [6, 6.07) is 10.5. The van der Waals surface area contributed by atoms with Crippen LogP contribution in [0.15, 0.2) is 47.1 Å². The minimum atomic E-state index is -0.534. The summed E-state index contributed by atoms with van der Waals surface area (Å²) in [6.07, 6.45) is 2.12. The summed E-state index contributed by atoms with van der Waals surface area (Å²) in [5.74, 6) is -1.75. The molecule has 2 rings (SSSR count). The number of hydrogen-bond donors (Lipinski definition) is 3. The molecule has 0 unspecified atom stereocenters. The number of amides is 4. The van der Waals surface area contributed by atoms with Gasteiger partial charge in [-0.25, -0.2) is 0 Å². The van der Waals surface area contributed by atoms with E-state index in [4.69, 9.17) is 4.42 Å². The van der Waals surface area contributed by atoms with Gasteiger partial charge in [0.15, 0.2) is 5.76 Å². The van der Waals surface area contributed by atoms with Crippen molar-refractivity contribution in [3.05, 3.63) is 54.0 Å². The average molecular weight is 400 g/mol. The normalized spacial score (nSPS) is 10.1. The monoisotopic (exact) mass is 400 g/mol. The molecule has 9 heteroatoms. The number of likely N-dealkylation sites (N-methyl/N-ethyl adjacent to an activating group) is 1. The molecule has 0 aliphatic heterocycles. The highest BCUT2D eigenvalue weighted by Crippen LogP contribution is 2.15. The summed E-state index contributed by atoms with van der Waals surface area (Å²) in [4.78, 5) is 48.9. The molecular weight excluding hydrogens is 376 g/mol. The predicted molar refractivity (Wildman–Crippen MR) is 106 cm³/mol. The van der Waals surface area contributed by atoms with Crippen LogP contribution in [0.25, 0.3) is 0 Å². The number of aryl methyl sites for hydroxylation is 1. The van der Waals surface area contributed by atoms with Gasteiger partial charge in [0.25, 0.3) is 5.91 Å². The first-order valence-electron chi connectivity index (χ1n) is 9.10. The van der Waals surface area contributed by atoms with Gasteiger partial charge in [-0.2, -0.15) is 0 Å². The van der Waals surface area contributed by atoms with Crippen LogP contribution in [0.3, 0.4) is 0 Å². The number of furan rings is 1. The van der Waals surface area contributed by atoms with Gasteiger partial charge < -0.3 is 25.3 Å². The molecule has 0 saturated carbocycles. The molecule has 29 heavy (non-hydrogen) atoms. The first kappa shape index (κ1) is 21.7. The lowest BCUT2D eigenvalue weighted by Crippen LogP contribution is -2.44. The molecule has 0 radical (unpaired) electrons. The summed E-state index contributed by atoms with van der Waals surface area (Å²) < 4.78 is 4.91. The molecule has 0 aliphatic carbocycles. The predicted octanol–water partition coefficient (Wildman–Crippen LogP) is 0.785. The molecule has 0 fully saturated rings. The second-order valence-electron chi connectivity index (χ2n) is 6.25. The number of carbonyl (C=O) groups is 4. The molecule has 1 aromatic carbocycles. The smallest absolute Gasteiger partial charge is 0.287 e. The Kier molecular flexibility index (Phi) is 7.96. The number of carbonyl (C=O) groups excluding carboxylic acids is 4. The Morgan fingerprint density at radius 3 is 2.41 bits per heavy atom. The van der Waals surface area contributed by atoms with Gasteiger partial charge in [0.2, 0.25) is 17.7 Å². The Labute approximate surface area is 168 Å². The number of benzene rings is 1. The van der Waals surface area contributed by atoms with Gasteiger partial charge in [-0.15, -0.1) is 0 Å². The molecule has 3 N–H and O–H groups in total. The molecule has 0 atom stereocenters. The Morgan fingerprint density at radius 1 is 0.966 bits per heavy atom. The summed E-state index contributed by atoms with van der Waals surface area (Å²) in [6.45, 7) is 1.25. The van der Waals surface area contributed by atoms with Crippen molar-refractivity contribution in [1.82, 2.24) is 15.5 Å². The number of rotatable bonds is 9. The van der Waals surface area contributed by atoms with Crippen molar-refractivity contribution in [1.29, 1.82) is 0 Å². The topological polar surface area (TPSA) is 121 Å². The summed E-state index contributed by atoms with van der Waals surface area (Å²) in [5, 5.41) is 7.55. The van der Waals surface area contributed by atoms with Gasteiger partial charge in [0.05, 0.1) is 25.9 Å². The van der Waals surface area contributed by atoms with Crippen molar-refractivity contribution in [2.24, 2.45) is 0 Å². The molecule has 0 bridgehead atoms. The van der Waals surface area contributed by atoms with E-state index in [9.17, 15) is 19.2 Å². The van der Waals surface area contributed by atoms with Crippen molar-refractivity contribution < 1.29 is 23.6 Å². The van der Waals surface area contributed by atoms with Gasteiger partial charge in [-0.05, 0) is 30.2 Å². The second kappa shape index (κ2) is 10.6. The fourth-order valence-electron chi connectivity index (χ4n) is 2.47. The standard InChI is InChI=1S/C20H24N4O5/c1-3-14-7-4-5-8-15(14)23-18(26)13-24(2)19(27)12-21-17(25)11-22-20(28)16-9-6-10-29-16/h4-10H,3,11-13H2,1-2H3,(H,21,25)(H,22,28)(H,23,26). The van der Waals surface area contributed by atoms with E-state index in [0.717, 1.165) is 12.0 Å². The van der Waals surface area contributed by atoms with Crippen LogP contribution in [0.1, 0.15) is 23.0 Å². The van der Waals surface area contributed by atoms with Crippen LogP contribution in [-0.4, -0.2) is 55.2 Å². The third kappa shape index (κ3) is 6.80. The fourth-order valence-corrected chi connectivity index (χ4v) is 2.47. The number of para-hydroxylation sites is 1. The van der Waals surface area contributed by atoms with Gasteiger partial charge in [-0.1, -0.05) is 25.1 Å². The van der Waals surface area contributed by atoms with Crippen LogP contribution in [0.2, 0.25) is 0 Å². The second-order valence-corrected chi connectivity index (χ2v) is 6.25. The van der Waals surface area contributed by atoms with E-state index in [-0.39, 0.29) is 31.3 Å². The third-order valence-electron chi connectivity index (χ3n) is 4.07. The molecule has 9 nitrogen and oxygen atoms in total. The zero-order valence-corrected chi connectivity index (χ0v) is 16.4. The highest BCUT2D eigenvalue weighted by molar-refractivity contribution is 5.96. The van der Waals surface area contributed by atoms with Crippen LogP contribution >= 0.6 is 0 Å². The maximum Gasteiger partial charge on any atom is 0.287 e. The van der Waals surface area contributed by atoms with Crippen molar-refractivity contribution in [2.45, 2.75) is 13.3 Å². The molecule has 154 valence electrons. The Balaban J connectivity index is 1.71. The Bertz CT molecular complexity index is 864. The number of anilines is 1. The van der Waals surface area contributed by atoms with Gasteiger partial charge in [0, 0.05) is 12.7 Å². The van der Waals surface area contributed by atoms with Crippen LogP contribution in [-0.2, 0) is 20.8 Å². The zero-order valence-electron chi connectivity index (χ0n) is 16.4. The Morgan fingerprint density at radius 2 is 1.72 bits per heavy atom. The SMILES string of the molecule is CCc1ccccc1NC(=O)CN(C)C(=O)CNC(=O)CNC(=O)c1ccco1. The quantitative estimate of drug-likeness (QED) is 0.575. The summed E-state index contributed by atoms with van der Waals surface area (Å²) >= 11 is 0. The third-order valence-corrected chi connectivity index (χ3v) is 4.07. The lowest BCUT2D eigenvalue weighted by Gasteiger charge is -2.18. The van der Waals surface area contributed by atoms with E-state index in [0.29, 0.717) is 5.69 Å². The van der Waals surface area contributed by atoms with Gasteiger partial charge >= 0.3 is 0 Å². The number of nitrogens with one attached hydrogen (secondary N) is 3. The lowest BCUT2D eigenvalue weighted by molar-refractivity contribution is -0.134.